The van der Waals surface area contributed by atoms with Gasteiger partial charge in [0.15, 0.2) is 12.0 Å². The van der Waals surface area contributed by atoms with Crippen molar-refractivity contribution in [2.45, 2.75) is 32.0 Å². The lowest BCUT2D eigenvalue weighted by Gasteiger charge is -2.28. The van der Waals surface area contributed by atoms with Crippen LogP contribution in [0.4, 0.5) is 5.69 Å². The van der Waals surface area contributed by atoms with Gasteiger partial charge in [0.1, 0.15) is 5.75 Å². The zero-order valence-corrected chi connectivity index (χ0v) is 17.0. The molecular formula is C22H26N4O4. The standard InChI is InChI=1S/C22H26N4O4/c1-28-18-9-16(5-4-15-2-3-15)8-17(10-18)25-21(27)19(26-23)11-24-12-20-29-13-22(6-7-22)14-30-20/h8-11,15,20H,2-3,6-7,12-14,23H2,1H3,(H,25,27). The van der Waals surface area contributed by atoms with Gasteiger partial charge in [-0.25, -0.2) is 0 Å². The predicted molar refractivity (Wildman–Crippen MR) is 114 cm³/mol. The molecule has 4 rings (SSSR count). The number of anilines is 1. The van der Waals surface area contributed by atoms with Crippen molar-refractivity contribution in [2.75, 3.05) is 32.2 Å². The monoisotopic (exact) mass is 410 g/mol. The summed E-state index contributed by atoms with van der Waals surface area (Å²) in [5.41, 5.74) is 1.56. The Balaban J connectivity index is 1.34. The summed E-state index contributed by atoms with van der Waals surface area (Å²) in [6.07, 6.45) is 5.54. The fraction of sp³-hybridized carbons (Fsp3) is 0.500. The first-order valence-electron chi connectivity index (χ1n) is 10.1. The van der Waals surface area contributed by atoms with Crippen molar-refractivity contribution in [1.82, 2.24) is 0 Å². The number of carbonyl (C=O) groups is 1. The number of benzene rings is 1. The van der Waals surface area contributed by atoms with Gasteiger partial charge in [-0.1, -0.05) is 11.8 Å². The molecule has 158 valence electrons. The SMILES string of the molecule is COc1cc(C#CC2CC2)cc(NC(=O)C(C=NCC2OCC3(CC3)CO2)=NN)c1. The predicted octanol–water partition coefficient (Wildman–Crippen LogP) is 1.93. The minimum absolute atomic E-state index is 0.00194. The van der Waals surface area contributed by atoms with Crippen LogP contribution in [0.3, 0.4) is 0 Å². The lowest BCUT2D eigenvalue weighted by atomic mass is 10.1. The number of ether oxygens (including phenoxy) is 3. The topological polar surface area (TPSA) is 108 Å². The molecule has 0 aromatic heterocycles. The van der Waals surface area contributed by atoms with Gasteiger partial charge in [-0.05, 0) is 37.8 Å². The molecular weight excluding hydrogens is 384 g/mol. The van der Waals surface area contributed by atoms with Crippen LogP contribution in [0.1, 0.15) is 31.2 Å². The smallest absolute Gasteiger partial charge is 0.277 e. The van der Waals surface area contributed by atoms with Crippen LogP contribution in [-0.4, -0.2) is 51.0 Å². The van der Waals surface area contributed by atoms with Gasteiger partial charge >= 0.3 is 0 Å². The van der Waals surface area contributed by atoms with E-state index in [0.29, 0.717) is 30.6 Å². The van der Waals surface area contributed by atoms with E-state index in [9.17, 15) is 4.79 Å². The van der Waals surface area contributed by atoms with Crippen molar-refractivity contribution in [3.8, 4) is 17.6 Å². The van der Waals surface area contributed by atoms with E-state index in [1.165, 1.54) is 6.21 Å². The van der Waals surface area contributed by atoms with Gasteiger partial charge in [0.2, 0.25) is 0 Å². The first-order chi connectivity index (χ1) is 14.6. The molecule has 8 heteroatoms. The molecule has 0 radical (unpaired) electrons. The largest absolute Gasteiger partial charge is 0.497 e. The highest BCUT2D eigenvalue weighted by molar-refractivity contribution is 6.63. The zero-order valence-electron chi connectivity index (χ0n) is 17.0. The van der Waals surface area contributed by atoms with Crippen molar-refractivity contribution in [1.29, 1.82) is 0 Å². The summed E-state index contributed by atoms with van der Waals surface area (Å²) < 4.78 is 16.7. The number of nitrogens with one attached hydrogen (secondary N) is 1. The molecule has 1 aromatic carbocycles. The summed E-state index contributed by atoms with van der Waals surface area (Å²) in [4.78, 5) is 16.8. The van der Waals surface area contributed by atoms with E-state index in [4.69, 9.17) is 20.1 Å². The highest BCUT2D eigenvalue weighted by atomic mass is 16.7. The van der Waals surface area contributed by atoms with Crippen LogP contribution in [0.5, 0.6) is 5.75 Å². The van der Waals surface area contributed by atoms with Crippen molar-refractivity contribution in [3.05, 3.63) is 23.8 Å². The van der Waals surface area contributed by atoms with Crippen LogP contribution in [-0.2, 0) is 14.3 Å². The number of carbonyl (C=O) groups excluding carboxylic acids is 1. The molecule has 2 aliphatic carbocycles. The number of hydrogen-bond donors (Lipinski definition) is 2. The molecule has 2 saturated carbocycles. The number of hydrazone groups is 1. The summed E-state index contributed by atoms with van der Waals surface area (Å²) in [5, 5.41) is 6.31. The zero-order chi connectivity index (χ0) is 21.0. The van der Waals surface area contributed by atoms with Gasteiger partial charge in [0.25, 0.3) is 5.91 Å². The Morgan fingerprint density at radius 1 is 1.33 bits per heavy atom. The maximum Gasteiger partial charge on any atom is 0.277 e. The second-order valence-electron chi connectivity index (χ2n) is 8.01. The van der Waals surface area contributed by atoms with E-state index in [1.807, 2.05) is 6.07 Å². The average molecular weight is 410 g/mol. The first-order valence-corrected chi connectivity index (χ1v) is 10.1. The molecule has 0 unspecified atom stereocenters. The number of rotatable bonds is 6. The maximum absolute atomic E-state index is 12.6. The van der Waals surface area contributed by atoms with E-state index in [1.54, 1.807) is 19.2 Å². The van der Waals surface area contributed by atoms with Crippen LogP contribution >= 0.6 is 0 Å². The summed E-state index contributed by atoms with van der Waals surface area (Å²) in [6, 6.07) is 5.34. The van der Waals surface area contributed by atoms with Crippen molar-refractivity contribution < 1.29 is 19.0 Å². The summed E-state index contributed by atoms with van der Waals surface area (Å²) >= 11 is 0. The van der Waals surface area contributed by atoms with E-state index >= 15 is 0 Å². The van der Waals surface area contributed by atoms with E-state index in [-0.39, 0.29) is 17.7 Å². The summed E-state index contributed by atoms with van der Waals surface area (Å²) in [5.74, 6) is 12.3. The number of aliphatic imine (C=N–C) groups is 1. The number of hydrogen-bond acceptors (Lipinski definition) is 7. The number of nitrogens with two attached hydrogens (primary N) is 1. The Labute approximate surface area is 175 Å². The third kappa shape index (κ3) is 5.38. The fourth-order valence-electron chi connectivity index (χ4n) is 3.05. The van der Waals surface area contributed by atoms with Gasteiger partial charge in [0.05, 0.1) is 33.1 Å². The van der Waals surface area contributed by atoms with Gasteiger partial charge in [-0.2, -0.15) is 5.10 Å². The van der Waals surface area contributed by atoms with Gasteiger partial charge < -0.3 is 25.4 Å². The number of nitrogens with zero attached hydrogens (tertiary/aromatic N) is 2. The molecule has 3 aliphatic rings. The molecule has 1 amide bonds. The third-order valence-corrected chi connectivity index (χ3v) is 5.35. The Morgan fingerprint density at radius 2 is 2.10 bits per heavy atom. The maximum atomic E-state index is 12.6. The number of methoxy groups -OCH3 is 1. The highest BCUT2D eigenvalue weighted by Gasteiger charge is 2.46. The summed E-state index contributed by atoms with van der Waals surface area (Å²) in [6.45, 7) is 1.68. The minimum atomic E-state index is -0.474. The van der Waals surface area contributed by atoms with Gasteiger partial charge in [0, 0.05) is 28.7 Å². The lowest BCUT2D eigenvalue weighted by Crippen LogP contribution is -2.35. The van der Waals surface area contributed by atoms with E-state index < -0.39 is 12.2 Å². The van der Waals surface area contributed by atoms with Crippen LogP contribution in [0, 0.1) is 23.2 Å². The fourth-order valence-corrected chi connectivity index (χ4v) is 3.05. The first kappa shape index (κ1) is 20.4. The van der Waals surface area contributed by atoms with Gasteiger partial charge in [-0.3, -0.25) is 9.79 Å². The molecule has 8 nitrogen and oxygen atoms in total. The second-order valence-corrected chi connectivity index (χ2v) is 8.01. The van der Waals surface area contributed by atoms with Crippen LogP contribution in [0.25, 0.3) is 0 Å². The lowest BCUT2D eigenvalue weighted by molar-refractivity contribution is -0.201. The van der Waals surface area contributed by atoms with Crippen molar-refractivity contribution in [2.24, 2.45) is 27.3 Å². The molecule has 3 fully saturated rings. The highest BCUT2D eigenvalue weighted by Crippen LogP contribution is 2.48. The van der Waals surface area contributed by atoms with Gasteiger partial charge in [-0.15, -0.1) is 0 Å². The molecule has 1 aromatic rings. The second kappa shape index (κ2) is 8.86. The third-order valence-electron chi connectivity index (χ3n) is 5.35. The van der Waals surface area contributed by atoms with E-state index in [2.05, 4.69) is 27.3 Å². The Morgan fingerprint density at radius 3 is 2.73 bits per heavy atom. The normalized spacial score (nSPS) is 20.6. The molecule has 1 aliphatic heterocycles. The van der Waals surface area contributed by atoms with Crippen molar-refractivity contribution >= 4 is 23.5 Å². The molecule has 3 N–H and O–H groups in total. The van der Waals surface area contributed by atoms with E-state index in [0.717, 1.165) is 31.2 Å². The number of amides is 1. The molecule has 0 bridgehead atoms. The Kier molecular flexibility index (Phi) is 6.02. The molecule has 1 saturated heterocycles. The van der Waals surface area contributed by atoms with Crippen LogP contribution < -0.4 is 15.9 Å². The summed E-state index contributed by atoms with van der Waals surface area (Å²) in [7, 11) is 1.57. The minimum Gasteiger partial charge on any atom is -0.497 e. The average Bonchev–Trinajstić information content (AvgIpc) is 3.68. The molecule has 1 spiro atoms. The Hall–Kier alpha value is -2.89. The molecule has 1 heterocycles. The van der Waals surface area contributed by atoms with Crippen LogP contribution in [0.2, 0.25) is 0 Å². The molecule has 0 atom stereocenters. The van der Waals surface area contributed by atoms with Crippen LogP contribution in [0.15, 0.2) is 28.3 Å². The molecule has 30 heavy (non-hydrogen) atoms. The quantitative estimate of drug-likeness (QED) is 0.323. The Bertz CT molecular complexity index is 913. The van der Waals surface area contributed by atoms with Crippen molar-refractivity contribution in [3.63, 3.8) is 0 Å².